The molecule has 1 nitrogen and oxygen atoms in total. The van der Waals surface area contributed by atoms with Crippen molar-refractivity contribution in [3.05, 3.63) is 28.2 Å². The van der Waals surface area contributed by atoms with Crippen LogP contribution < -0.4 is 4.90 Å². The lowest BCUT2D eigenvalue weighted by Gasteiger charge is -2.24. The highest BCUT2D eigenvalue weighted by Crippen LogP contribution is 2.35. The molecule has 0 atom stereocenters. The molecule has 0 heterocycles. The van der Waals surface area contributed by atoms with E-state index in [1.807, 2.05) is 11.8 Å². The van der Waals surface area contributed by atoms with Gasteiger partial charge < -0.3 is 4.90 Å². The van der Waals surface area contributed by atoms with Gasteiger partial charge in [0.25, 0.3) is 0 Å². The van der Waals surface area contributed by atoms with Gasteiger partial charge in [-0.1, -0.05) is 0 Å². The minimum Gasteiger partial charge on any atom is -0.371 e. The van der Waals surface area contributed by atoms with E-state index in [9.17, 15) is 13.2 Å². The minimum absolute atomic E-state index is 0.453. The Kier molecular flexibility index (Phi) is 5.79. The van der Waals surface area contributed by atoms with E-state index in [0.29, 0.717) is 10.4 Å². The van der Waals surface area contributed by atoms with Crippen molar-refractivity contribution < 1.29 is 13.2 Å². The molecule has 0 aliphatic heterocycles. The van der Waals surface area contributed by atoms with Gasteiger partial charge in [0.1, 0.15) is 0 Å². The van der Waals surface area contributed by atoms with Crippen LogP contribution in [0.2, 0.25) is 0 Å². The van der Waals surface area contributed by atoms with Gasteiger partial charge >= 0.3 is 6.18 Å². The topological polar surface area (TPSA) is 3.24 Å². The zero-order valence-corrected chi connectivity index (χ0v) is 12.2. The highest BCUT2D eigenvalue weighted by Gasteiger charge is 2.31. The lowest BCUT2D eigenvalue weighted by Crippen LogP contribution is -2.24. The summed E-state index contributed by atoms with van der Waals surface area (Å²) in [5, 5.41) is 0. The molecular weight excluding hydrogens is 330 g/mol. The summed E-state index contributed by atoms with van der Waals surface area (Å²) in [6, 6.07) is 3.70. The SMILES string of the molecule is CCN(CCCCl)c1ccc(C(F)(F)F)cc1Br. The monoisotopic (exact) mass is 343 g/mol. The quantitative estimate of drug-likeness (QED) is 0.685. The van der Waals surface area contributed by atoms with Gasteiger partial charge in [-0.2, -0.15) is 13.2 Å². The number of alkyl halides is 4. The van der Waals surface area contributed by atoms with Crippen molar-refractivity contribution in [1.29, 1.82) is 0 Å². The fourth-order valence-corrected chi connectivity index (χ4v) is 2.39. The van der Waals surface area contributed by atoms with E-state index < -0.39 is 11.7 Å². The Balaban J connectivity index is 2.96. The van der Waals surface area contributed by atoms with E-state index in [-0.39, 0.29) is 0 Å². The van der Waals surface area contributed by atoms with Crippen molar-refractivity contribution in [1.82, 2.24) is 0 Å². The van der Waals surface area contributed by atoms with Crippen LogP contribution in [0.4, 0.5) is 18.9 Å². The van der Waals surface area contributed by atoms with Gasteiger partial charge in [0, 0.05) is 23.4 Å². The number of benzene rings is 1. The van der Waals surface area contributed by atoms with Crippen LogP contribution in [0.5, 0.6) is 0 Å². The molecule has 1 rings (SSSR count). The Morgan fingerprint density at radius 1 is 1.33 bits per heavy atom. The standard InChI is InChI=1S/C12H14BrClF3N/c1-2-18(7-3-6-14)11-5-4-9(8-10(11)13)12(15,16)17/h4-5,8H,2-3,6-7H2,1H3. The summed E-state index contributed by atoms with van der Waals surface area (Å²) in [5.74, 6) is 0.536. The predicted molar refractivity (Wildman–Crippen MR) is 72.4 cm³/mol. The molecule has 0 saturated carbocycles. The first kappa shape index (κ1) is 15.6. The van der Waals surface area contributed by atoms with Crippen LogP contribution in [0.15, 0.2) is 22.7 Å². The molecule has 0 N–H and O–H groups in total. The van der Waals surface area contributed by atoms with Gasteiger partial charge in [0.15, 0.2) is 0 Å². The summed E-state index contributed by atoms with van der Waals surface area (Å²) >= 11 is 8.83. The summed E-state index contributed by atoms with van der Waals surface area (Å²) in [6.45, 7) is 3.41. The molecule has 0 spiro atoms. The van der Waals surface area contributed by atoms with Crippen molar-refractivity contribution in [3.8, 4) is 0 Å². The molecule has 0 saturated heterocycles. The molecule has 0 unspecified atom stereocenters. The molecule has 18 heavy (non-hydrogen) atoms. The van der Waals surface area contributed by atoms with Crippen LogP contribution in [0.25, 0.3) is 0 Å². The normalized spacial score (nSPS) is 11.7. The molecule has 0 aliphatic carbocycles. The summed E-state index contributed by atoms with van der Waals surface area (Å²) in [7, 11) is 0. The average Bonchev–Trinajstić information content (AvgIpc) is 2.30. The maximum Gasteiger partial charge on any atom is 0.416 e. The van der Waals surface area contributed by atoms with Gasteiger partial charge in [-0.3, -0.25) is 0 Å². The van der Waals surface area contributed by atoms with E-state index >= 15 is 0 Å². The Hall–Kier alpha value is -0.420. The molecule has 6 heteroatoms. The van der Waals surface area contributed by atoms with Crippen LogP contribution >= 0.6 is 27.5 Å². The van der Waals surface area contributed by atoms with E-state index in [1.54, 1.807) is 0 Å². The molecule has 0 fully saturated rings. The smallest absolute Gasteiger partial charge is 0.371 e. The number of hydrogen-bond acceptors (Lipinski definition) is 1. The summed E-state index contributed by atoms with van der Waals surface area (Å²) in [6.07, 6.45) is -3.52. The number of halogens is 5. The van der Waals surface area contributed by atoms with E-state index in [1.165, 1.54) is 6.07 Å². The zero-order chi connectivity index (χ0) is 13.8. The molecule has 0 aliphatic rings. The summed E-state index contributed by atoms with van der Waals surface area (Å²) in [5.41, 5.74) is 0.113. The minimum atomic E-state index is -4.31. The molecule has 0 aromatic heterocycles. The first-order valence-electron chi connectivity index (χ1n) is 5.57. The Labute approximate surface area is 118 Å². The zero-order valence-electron chi connectivity index (χ0n) is 9.90. The number of anilines is 1. The maximum absolute atomic E-state index is 12.5. The first-order chi connectivity index (χ1) is 8.40. The molecule has 1 aromatic rings. The first-order valence-corrected chi connectivity index (χ1v) is 6.90. The van der Waals surface area contributed by atoms with Crippen LogP contribution in [0, 0.1) is 0 Å². The van der Waals surface area contributed by atoms with Crippen molar-refractivity contribution >= 4 is 33.2 Å². The lowest BCUT2D eigenvalue weighted by molar-refractivity contribution is -0.137. The van der Waals surface area contributed by atoms with Crippen molar-refractivity contribution in [2.24, 2.45) is 0 Å². The van der Waals surface area contributed by atoms with Crippen LogP contribution in [0.1, 0.15) is 18.9 Å². The lowest BCUT2D eigenvalue weighted by atomic mass is 10.2. The van der Waals surface area contributed by atoms with Crippen LogP contribution in [-0.4, -0.2) is 19.0 Å². The molecule has 0 bridgehead atoms. The summed E-state index contributed by atoms with van der Waals surface area (Å²) in [4.78, 5) is 1.99. The van der Waals surface area contributed by atoms with Crippen molar-refractivity contribution in [2.75, 3.05) is 23.9 Å². The Morgan fingerprint density at radius 3 is 2.44 bits per heavy atom. The molecule has 102 valence electrons. The van der Waals surface area contributed by atoms with Crippen molar-refractivity contribution in [3.63, 3.8) is 0 Å². The fraction of sp³-hybridized carbons (Fsp3) is 0.500. The van der Waals surface area contributed by atoms with E-state index in [4.69, 9.17) is 11.6 Å². The number of hydrogen-bond donors (Lipinski definition) is 0. The van der Waals surface area contributed by atoms with Crippen molar-refractivity contribution in [2.45, 2.75) is 19.5 Å². The Bertz CT molecular complexity index is 395. The van der Waals surface area contributed by atoms with E-state index in [2.05, 4.69) is 15.9 Å². The third-order valence-electron chi connectivity index (χ3n) is 2.56. The van der Waals surface area contributed by atoms with Gasteiger partial charge in [0.05, 0.1) is 11.3 Å². The molecule has 0 amide bonds. The second-order valence-electron chi connectivity index (χ2n) is 3.79. The van der Waals surface area contributed by atoms with Gasteiger partial charge in [-0.25, -0.2) is 0 Å². The van der Waals surface area contributed by atoms with Crippen LogP contribution in [-0.2, 0) is 6.18 Å². The largest absolute Gasteiger partial charge is 0.416 e. The molecule has 0 radical (unpaired) electrons. The second-order valence-corrected chi connectivity index (χ2v) is 5.02. The summed E-state index contributed by atoms with van der Waals surface area (Å²) < 4.78 is 38.1. The number of nitrogens with zero attached hydrogens (tertiary/aromatic N) is 1. The average molecular weight is 345 g/mol. The molecular formula is C12H14BrClF3N. The third-order valence-corrected chi connectivity index (χ3v) is 3.46. The third kappa shape index (κ3) is 4.05. The van der Waals surface area contributed by atoms with Gasteiger partial charge in [-0.05, 0) is 47.5 Å². The van der Waals surface area contributed by atoms with Gasteiger partial charge in [-0.15, -0.1) is 11.6 Å². The van der Waals surface area contributed by atoms with E-state index in [0.717, 1.165) is 37.3 Å². The highest BCUT2D eigenvalue weighted by atomic mass is 79.9. The van der Waals surface area contributed by atoms with Gasteiger partial charge in [0.2, 0.25) is 0 Å². The number of rotatable bonds is 5. The highest BCUT2D eigenvalue weighted by molar-refractivity contribution is 9.10. The second kappa shape index (κ2) is 6.66. The maximum atomic E-state index is 12.5. The fourth-order valence-electron chi connectivity index (χ4n) is 1.64. The van der Waals surface area contributed by atoms with Crippen LogP contribution in [0.3, 0.4) is 0 Å². The Morgan fingerprint density at radius 2 is 2.00 bits per heavy atom. The predicted octanol–water partition coefficient (Wildman–Crippen LogP) is 4.92. The molecule has 1 aromatic carbocycles.